The lowest BCUT2D eigenvalue weighted by atomic mass is 9.73. The first kappa shape index (κ1) is 17.1. The van der Waals surface area contributed by atoms with Gasteiger partial charge < -0.3 is 0 Å². The number of hydrogen-bond donors (Lipinski definition) is 0. The van der Waals surface area contributed by atoms with E-state index in [1.807, 2.05) is 0 Å². The summed E-state index contributed by atoms with van der Waals surface area (Å²) in [7, 11) is 0. The first-order valence-corrected chi connectivity index (χ1v) is 9.82. The van der Waals surface area contributed by atoms with Gasteiger partial charge in [-0.05, 0) is 54.6 Å². The Morgan fingerprint density at radius 3 is 1.73 bits per heavy atom. The zero-order chi connectivity index (χ0) is 17.8. The Morgan fingerprint density at radius 2 is 1.19 bits per heavy atom. The topological polar surface area (TPSA) is 3.24 Å². The van der Waals surface area contributed by atoms with Crippen LogP contribution in [0.3, 0.4) is 0 Å². The minimum atomic E-state index is -0.217. The summed E-state index contributed by atoms with van der Waals surface area (Å²) < 4.78 is 0. The summed E-state index contributed by atoms with van der Waals surface area (Å²) in [6.45, 7) is 4.55. The van der Waals surface area contributed by atoms with Gasteiger partial charge in [-0.1, -0.05) is 91.9 Å². The molecule has 26 heavy (non-hydrogen) atoms. The van der Waals surface area contributed by atoms with E-state index in [1.54, 1.807) is 0 Å². The van der Waals surface area contributed by atoms with Gasteiger partial charge in [0.05, 0.1) is 5.54 Å². The Balaban J connectivity index is 2.07. The molecule has 1 aliphatic rings. The van der Waals surface area contributed by atoms with E-state index in [0.717, 1.165) is 19.5 Å². The molecule has 132 valence electrons. The van der Waals surface area contributed by atoms with Crippen molar-refractivity contribution in [3.63, 3.8) is 0 Å². The average molecular weight is 341 g/mol. The van der Waals surface area contributed by atoms with Gasteiger partial charge in [0.2, 0.25) is 0 Å². The van der Waals surface area contributed by atoms with Crippen LogP contribution in [0.1, 0.15) is 42.0 Å². The fourth-order valence-corrected chi connectivity index (χ4v) is 4.61. The molecule has 1 saturated heterocycles. The lowest BCUT2D eigenvalue weighted by Gasteiger charge is -2.44. The highest BCUT2D eigenvalue weighted by molar-refractivity contribution is 5.52. The van der Waals surface area contributed by atoms with Crippen molar-refractivity contribution in [1.29, 1.82) is 0 Å². The molecule has 1 heterocycles. The number of likely N-dealkylation sites (tertiary alicyclic amines) is 1. The molecule has 1 heteroatoms. The summed E-state index contributed by atoms with van der Waals surface area (Å²) in [5.41, 5.74) is 5.39. The van der Waals surface area contributed by atoms with Gasteiger partial charge in [-0.2, -0.15) is 0 Å². The normalized spacial score (nSPS) is 15.3. The second-order valence-corrected chi connectivity index (χ2v) is 7.15. The first-order valence-electron chi connectivity index (χ1n) is 9.82. The van der Waals surface area contributed by atoms with Gasteiger partial charge in [-0.25, -0.2) is 0 Å². The van der Waals surface area contributed by atoms with Crippen molar-refractivity contribution in [2.24, 2.45) is 0 Å². The van der Waals surface area contributed by atoms with Crippen molar-refractivity contribution in [1.82, 2.24) is 4.90 Å². The summed E-state index contributed by atoms with van der Waals surface area (Å²) in [5.74, 6) is 0. The molecule has 0 atom stereocenters. The molecule has 0 unspecified atom stereocenters. The number of rotatable bonds is 5. The predicted molar refractivity (Wildman–Crippen MR) is 109 cm³/mol. The van der Waals surface area contributed by atoms with Gasteiger partial charge in [0.25, 0.3) is 0 Å². The van der Waals surface area contributed by atoms with E-state index < -0.39 is 0 Å². The summed E-state index contributed by atoms with van der Waals surface area (Å²) in [6, 6.07) is 31.2. The molecule has 0 amide bonds. The van der Waals surface area contributed by atoms with E-state index in [4.69, 9.17) is 0 Å². The highest BCUT2D eigenvalue weighted by Crippen LogP contribution is 2.45. The third kappa shape index (κ3) is 2.77. The number of benzene rings is 3. The molecule has 4 rings (SSSR count). The number of aryl methyl sites for hydroxylation is 1. The van der Waals surface area contributed by atoms with E-state index >= 15 is 0 Å². The van der Waals surface area contributed by atoms with Crippen LogP contribution in [0, 0.1) is 0 Å². The van der Waals surface area contributed by atoms with E-state index in [1.165, 1.54) is 35.1 Å². The lowest BCUT2D eigenvalue weighted by Crippen LogP contribution is -2.47. The van der Waals surface area contributed by atoms with Crippen molar-refractivity contribution in [2.75, 3.05) is 13.1 Å². The van der Waals surface area contributed by atoms with E-state index in [2.05, 4.69) is 96.8 Å². The second kappa shape index (κ2) is 7.47. The van der Waals surface area contributed by atoms with Gasteiger partial charge in [0, 0.05) is 0 Å². The van der Waals surface area contributed by atoms with Gasteiger partial charge in [-0.15, -0.1) is 0 Å². The van der Waals surface area contributed by atoms with Gasteiger partial charge in [0.1, 0.15) is 0 Å². The summed E-state index contributed by atoms with van der Waals surface area (Å²) in [4.78, 5) is 2.70. The van der Waals surface area contributed by atoms with Crippen LogP contribution in [0.2, 0.25) is 0 Å². The molecule has 0 bridgehead atoms. The van der Waals surface area contributed by atoms with Crippen LogP contribution in [0.25, 0.3) is 0 Å². The molecule has 0 N–H and O–H groups in total. The minimum absolute atomic E-state index is 0.217. The molecule has 1 aliphatic heterocycles. The quantitative estimate of drug-likeness (QED) is 0.543. The van der Waals surface area contributed by atoms with Crippen molar-refractivity contribution in [3.05, 3.63) is 107 Å². The van der Waals surface area contributed by atoms with Crippen molar-refractivity contribution in [3.8, 4) is 0 Å². The molecule has 1 fully saturated rings. The van der Waals surface area contributed by atoms with Crippen LogP contribution in [0.5, 0.6) is 0 Å². The molecule has 1 nitrogen and oxygen atoms in total. The predicted octanol–water partition coefficient (Wildman–Crippen LogP) is 5.64. The zero-order valence-corrected chi connectivity index (χ0v) is 15.6. The highest BCUT2D eigenvalue weighted by atomic mass is 15.2. The fraction of sp³-hybridized carbons (Fsp3) is 0.280. The van der Waals surface area contributed by atoms with Crippen LogP contribution in [0.15, 0.2) is 84.9 Å². The molecule has 0 aromatic heterocycles. The zero-order valence-electron chi connectivity index (χ0n) is 15.6. The second-order valence-electron chi connectivity index (χ2n) is 7.15. The Labute approximate surface area is 157 Å². The molecule has 0 saturated carbocycles. The number of nitrogens with zero attached hydrogens (tertiary/aromatic N) is 1. The SMILES string of the molecule is CCc1ccccc1C(c1ccccc1)(c1ccccc1)N1CCCC1. The third-order valence-corrected chi connectivity index (χ3v) is 5.75. The smallest absolute Gasteiger partial charge is 0.0975 e. The third-order valence-electron chi connectivity index (χ3n) is 5.75. The van der Waals surface area contributed by atoms with E-state index in [9.17, 15) is 0 Å². The fourth-order valence-electron chi connectivity index (χ4n) is 4.61. The summed E-state index contributed by atoms with van der Waals surface area (Å²) >= 11 is 0. The molecular weight excluding hydrogens is 314 g/mol. The van der Waals surface area contributed by atoms with Crippen LogP contribution in [-0.2, 0) is 12.0 Å². The van der Waals surface area contributed by atoms with Crippen molar-refractivity contribution >= 4 is 0 Å². The van der Waals surface area contributed by atoms with Crippen molar-refractivity contribution in [2.45, 2.75) is 31.7 Å². The average Bonchev–Trinajstić information content (AvgIpc) is 3.26. The highest BCUT2D eigenvalue weighted by Gasteiger charge is 2.43. The molecule has 3 aromatic carbocycles. The van der Waals surface area contributed by atoms with Crippen LogP contribution in [-0.4, -0.2) is 18.0 Å². The largest absolute Gasteiger partial charge is 0.286 e. The Bertz CT molecular complexity index is 793. The molecule has 3 aromatic rings. The molecule has 0 radical (unpaired) electrons. The lowest BCUT2D eigenvalue weighted by molar-refractivity contribution is 0.198. The van der Waals surface area contributed by atoms with Crippen LogP contribution >= 0.6 is 0 Å². The summed E-state index contributed by atoms with van der Waals surface area (Å²) in [6.07, 6.45) is 3.59. The maximum absolute atomic E-state index is 2.70. The Morgan fingerprint density at radius 1 is 0.692 bits per heavy atom. The minimum Gasteiger partial charge on any atom is -0.286 e. The molecule has 0 spiro atoms. The van der Waals surface area contributed by atoms with Crippen molar-refractivity contribution < 1.29 is 0 Å². The maximum atomic E-state index is 2.70. The van der Waals surface area contributed by atoms with Crippen LogP contribution < -0.4 is 0 Å². The first-order chi connectivity index (χ1) is 12.9. The number of hydrogen-bond acceptors (Lipinski definition) is 1. The molecular formula is C25H27N. The summed E-state index contributed by atoms with van der Waals surface area (Å²) in [5, 5.41) is 0. The van der Waals surface area contributed by atoms with E-state index in [0.29, 0.717) is 0 Å². The van der Waals surface area contributed by atoms with Crippen LogP contribution in [0.4, 0.5) is 0 Å². The Hall–Kier alpha value is -2.38. The van der Waals surface area contributed by atoms with Gasteiger partial charge >= 0.3 is 0 Å². The standard InChI is InChI=1S/C25H27N/c1-2-21-13-9-10-18-24(21)25(26-19-11-12-20-26,22-14-5-3-6-15-22)23-16-7-4-8-17-23/h3-10,13-18H,2,11-12,19-20H2,1H3. The molecule has 0 aliphatic carbocycles. The van der Waals surface area contributed by atoms with Gasteiger partial charge in [-0.3, -0.25) is 4.90 Å². The monoisotopic (exact) mass is 341 g/mol. The Kier molecular flexibility index (Phi) is 4.90. The van der Waals surface area contributed by atoms with Gasteiger partial charge in [0.15, 0.2) is 0 Å². The van der Waals surface area contributed by atoms with E-state index in [-0.39, 0.29) is 5.54 Å². The maximum Gasteiger partial charge on any atom is 0.0975 e.